The molecule has 106 valence electrons. The molecular formula is C15H12N2O4. The number of nitro benzene ring substituents is 1. The first-order chi connectivity index (χ1) is 10.1. The van der Waals surface area contributed by atoms with Crippen LogP contribution in [-0.2, 0) is 13.1 Å². The number of nitro groups is 1. The molecule has 0 aliphatic carbocycles. The molecule has 0 spiro atoms. The van der Waals surface area contributed by atoms with Gasteiger partial charge in [0.15, 0.2) is 0 Å². The number of rotatable bonds is 3. The highest BCUT2D eigenvalue weighted by Crippen LogP contribution is 2.36. The number of nitrogens with zero attached hydrogens (tertiary/aromatic N) is 2. The maximum atomic E-state index is 11.3. The predicted molar refractivity (Wildman–Crippen MR) is 76.4 cm³/mol. The van der Waals surface area contributed by atoms with Gasteiger partial charge in [-0.3, -0.25) is 10.1 Å². The fraction of sp³-hybridized carbons (Fsp3) is 0.133. The fourth-order valence-corrected chi connectivity index (χ4v) is 2.65. The van der Waals surface area contributed by atoms with Crippen molar-refractivity contribution < 1.29 is 14.8 Å². The lowest BCUT2D eigenvalue weighted by molar-refractivity contribution is -0.384. The van der Waals surface area contributed by atoms with Crippen molar-refractivity contribution in [3.05, 3.63) is 69.3 Å². The first kappa shape index (κ1) is 13.1. The Hall–Kier alpha value is -2.89. The summed E-state index contributed by atoms with van der Waals surface area (Å²) < 4.78 is 0. The van der Waals surface area contributed by atoms with Gasteiger partial charge in [0, 0.05) is 13.1 Å². The molecule has 0 fully saturated rings. The van der Waals surface area contributed by atoms with Crippen LogP contribution in [0.25, 0.3) is 0 Å². The minimum Gasteiger partial charge on any atom is -0.477 e. The van der Waals surface area contributed by atoms with E-state index in [2.05, 4.69) is 0 Å². The van der Waals surface area contributed by atoms with Crippen molar-refractivity contribution in [3.8, 4) is 0 Å². The van der Waals surface area contributed by atoms with Crippen LogP contribution in [0.5, 0.6) is 0 Å². The Kier molecular flexibility index (Phi) is 3.06. The second-order valence-electron chi connectivity index (χ2n) is 4.86. The number of hydrogen-bond acceptors (Lipinski definition) is 4. The summed E-state index contributed by atoms with van der Waals surface area (Å²) in [4.78, 5) is 23.7. The maximum Gasteiger partial charge on any atom is 0.342 e. The summed E-state index contributed by atoms with van der Waals surface area (Å²) in [6, 6.07) is 12.2. The van der Waals surface area contributed by atoms with Crippen LogP contribution in [0.1, 0.15) is 21.5 Å². The van der Waals surface area contributed by atoms with E-state index < -0.39 is 10.9 Å². The van der Waals surface area contributed by atoms with E-state index in [1.807, 2.05) is 29.2 Å². The smallest absolute Gasteiger partial charge is 0.342 e. The molecule has 0 bridgehead atoms. The van der Waals surface area contributed by atoms with Crippen LogP contribution in [0.15, 0.2) is 42.5 Å². The van der Waals surface area contributed by atoms with Crippen molar-refractivity contribution in [1.29, 1.82) is 0 Å². The lowest BCUT2D eigenvalue weighted by Crippen LogP contribution is -2.17. The van der Waals surface area contributed by atoms with E-state index in [-0.39, 0.29) is 11.3 Å². The van der Waals surface area contributed by atoms with Crippen molar-refractivity contribution in [2.45, 2.75) is 13.1 Å². The highest BCUT2D eigenvalue weighted by Gasteiger charge is 2.29. The molecule has 6 heteroatoms. The standard InChI is InChI=1S/C15H12N2O4/c18-15(19)12-6-3-7-13(14(12)17(20)21)16-8-10-4-1-2-5-11(10)9-16/h1-7H,8-9H2,(H,18,19). The van der Waals surface area contributed by atoms with Crippen LogP contribution in [-0.4, -0.2) is 16.0 Å². The Labute approximate surface area is 120 Å². The van der Waals surface area contributed by atoms with Crippen LogP contribution in [0.4, 0.5) is 11.4 Å². The molecule has 2 aromatic rings. The van der Waals surface area contributed by atoms with Crippen molar-refractivity contribution in [3.63, 3.8) is 0 Å². The molecule has 0 aromatic heterocycles. The van der Waals surface area contributed by atoms with Crippen LogP contribution in [0.3, 0.4) is 0 Å². The van der Waals surface area contributed by atoms with Gasteiger partial charge in [-0.2, -0.15) is 0 Å². The minimum atomic E-state index is -1.29. The summed E-state index contributed by atoms with van der Waals surface area (Å²) in [5, 5.41) is 20.4. The summed E-state index contributed by atoms with van der Waals surface area (Å²) >= 11 is 0. The number of hydrogen-bond donors (Lipinski definition) is 1. The topological polar surface area (TPSA) is 83.7 Å². The summed E-state index contributed by atoms with van der Waals surface area (Å²) in [7, 11) is 0. The van der Waals surface area contributed by atoms with Gasteiger partial charge in [0.05, 0.1) is 4.92 Å². The third-order valence-corrected chi connectivity index (χ3v) is 3.61. The van der Waals surface area contributed by atoms with Gasteiger partial charge in [0.1, 0.15) is 11.3 Å². The number of anilines is 1. The Morgan fingerprint density at radius 2 is 1.71 bits per heavy atom. The first-order valence-corrected chi connectivity index (χ1v) is 6.40. The molecule has 0 unspecified atom stereocenters. The van der Waals surface area contributed by atoms with Crippen molar-refractivity contribution in [2.24, 2.45) is 0 Å². The Morgan fingerprint density at radius 1 is 1.10 bits per heavy atom. The van der Waals surface area contributed by atoms with Gasteiger partial charge in [-0.15, -0.1) is 0 Å². The second kappa shape index (κ2) is 4.90. The van der Waals surface area contributed by atoms with E-state index in [0.717, 1.165) is 11.1 Å². The average molecular weight is 284 g/mol. The zero-order valence-corrected chi connectivity index (χ0v) is 11.0. The number of carboxylic acid groups (broad SMARTS) is 1. The van der Waals surface area contributed by atoms with Gasteiger partial charge < -0.3 is 10.0 Å². The Bertz CT molecular complexity index is 717. The molecule has 1 N–H and O–H groups in total. The average Bonchev–Trinajstić information content (AvgIpc) is 2.90. The third-order valence-electron chi connectivity index (χ3n) is 3.61. The quantitative estimate of drug-likeness (QED) is 0.692. The van der Waals surface area contributed by atoms with E-state index >= 15 is 0 Å². The SMILES string of the molecule is O=C(O)c1cccc(N2Cc3ccccc3C2)c1[N+](=O)[O-]. The van der Waals surface area contributed by atoms with Gasteiger partial charge in [-0.1, -0.05) is 30.3 Å². The van der Waals surface area contributed by atoms with Crippen molar-refractivity contribution in [1.82, 2.24) is 0 Å². The largest absolute Gasteiger partial charge is 0.477 e. The number of carbonyl (C=O) groups is 1. The molecule has 2 aromatic carbocycles. The molecule has 0 radical (unpaired) electrons. The van der Waals surface area contributed by atoms with Crippen LogP contribution in [0, 0.1) is 10.1 Å². The third kappa shape index (κ3) is 2.20. The molecule has 0 amide bonds. The van der Waals surface area contributed by atoms with Crippen molar-refractivity contribution >= 4 is 17.3 Å². The zero-order chi connectivity index (χ0) is 15.0. The highest BCUT2D eigenvalue weighted by molar-refractivity contribution is 5.95. The van der Waals surface area contributed by atoms with E-state index in [1.54, 1.807) is 6.07 Å². The fourth-order valence-electron chi connectivity index (χ4n) is 2.65. The van der Waals surface area contributed by atoms with E-state index in [9.17, 15) is 14.9 Å². The monoisotopic (exact) mass is 284 g/mol. The van der Waals surface area contributed by atoms with Crippen molar-refractivity contribution in [2.75, 3.05) is 4.90 Å². The lowest BCUT2D eigenvalue weighted by Gasteiger charge is -2.18. The first-order valence-electron chi connectivity index (χ1n) is 6.40. The van der Waals surface area contributed by atoms with Gasteiger partial charge in [-0.05, 0) is 23.3 Å². The minimum absolute atomic E-state index is 0.284. The van der Waals surface area contributed by atoms with Gasteiger partial charge in [-0.25, -0.2) is 4.79 Å². The molecule has 1 aliphatic heterocycles. The lowest BCUT2D eigenvalue weighted by atomic mass is 10.1. The Morgan fingerprint density at radius 3 is 2.24 bits per heavy atom. The maximum absolute atomic E-state index is 11.3. The summed E-state index contributed by atoms with van der Waals surface area (Å²) in [5.74, 6) is -1.29. The normalized spacial score (nSPS) is 13.0. The van der Waals surface area contributed by atoms with E-state index in [4.69, 9.17) is 5.11 Å². The van der Waals surface area contributed by atoms with Crippen LogP contribution >= 0.6 is 0 Å². The van der Waals surface area contributed by atoms with Gasteiger partial charge >= 0.3 is 11.7 Å². The summed E-state index contributed by atoms with van der Waals surface area (Å²) in [6.45, 7) is 1.08. The van der Waals surface area contributed by atoms with Crippen LogP contribution < -0.4 is 4.90 Å². The predicted octanol–water partition coefficient (Wildman–Crippen LogP) is 2.81. The molecule has 3 rings (SSSR count). The molecule has 21 heavy (non-hydrogen) atoms. The Balaban J connectivity index is 2.07. The molecule has 1 aliphatic rings. The molecule has 0 saturated carbocycles. The number of benzene rings is 2. The molecular weight excluding hydrogens is 272 g/mol. The van der Waals surface area contributed by atoms with E-state index in [1.165, 1.54) is 12.1 Å². The van der Waals surface area contributed by atoms with E-state index in [0.29, 0.717) is 18.8 Å². The number of para-hydroxylation sites is 1. The second-order valence-corrected chi connectivity index (χ2v) is 4.86. The zero-order valence-electron chi connectivity index (χ0n) is 11.0. The molecule has 6 nitrogen and oxygen atoms in total. The highest BCUT2D eigenvalue weighted by atomic mass is 16.6. The number of carboxylic acids is 1. The van der Waals surface area contributed by atoms with Crippen LogP contribution in [0.2, 0.25) is 0 Å². The molecule has 0 atom stereocenters. The summed E-state index contributed by atoms with van der Waals surface area (Å²) in [6.07, 6.45) is 0. The molecule has 0 saturated heterocycles. The van der Waals surface area contributed by atoms with Gasteiger partial charge in [0.2, 0.25) is 0 Å². The van der Waals surface area contributed by atoms with Gasteiger partial charge in [0.25, 0.3) is 0 Å². The number of fused-ring (bicyclic) bond motifs is 1. The summed E-state index contributed by atoms with van der Waals surface area (Å²) in [5.41, 5.74) is 1.92. The molecule has 1 heterocycles. The number of aromatic carboxylic acids is 1.